The molecule has 1 rings (SSSR count). The summed E-state index contributed by atoms with van der Waals surface area (Å²) < 4.78 is 28.5. The van der Waals surface area contributed by atoms with Crippen LogP contribution in [0, 0.1) is 3.57 Å². The molecule has 0 saturated heterocycles. The Kier molecular flexibility index (Phi) is 3.79. The number of carbonyl (C=O) groups is 1. The molecule has 5 heteroatoms. The molecule has 0 fully saturated rings. The summed E-state index contributed by atoms with van der Waals surface area (Å²) in [5.74, 6) is -0.137. The van der Waals surface area contributed by atoms with E-state index in [1.807, 2.05) is 22.6 Å². The summed E-state index contributed by atoms with van der Waals surface area (Å²) >= 11 is 1.81. The first-order valence-corrected chi connectivity index (χ1v) is 4.84. The van der Waals surface area contributed by atoms with Gasteiger partial charge in [-0.3, -0.25) is 4.79 Å². The maximum atomic E-state index is 11.9. The third-order valence-electron chi connectivity index (χ3n) is 1.56. The number of ether oxygens (including phenoxy) is 1. The van der Waals surface area contributed by atoms with Crippen molar-refractivity contribution in [1.82, 2.24) is 0 Å². The van der Waals surface area contributed by atoms with Gasteiger partial charge in [0.25, 0.3) is 0 Å². The van der Waals surface area contributed by atoms with Crippen molar-refractivity contribution in [2.45, 2.75) is 13.5 Å². The molecule has 0 amide bonds. The van der Waals surface area contributed by atoms with Crippen LogP contribution in [0.15, 0.2) is 18.2 Å². The third kappa shape index (κ3) is 2.63. The van der Waals surface area contributed by atoms with E-state index in [-0.39, 0.29) is 11.5 Å². The van der Waals surface area contributed by atoms with Gasteiger partial charge >= 0.3 is 6.61 Å². The summed E-state index contributed by atoms with van der Waals surface area (Å²) in [6.45, 7) is -1.49. The predicted octanol–water partition coefficient (Wildman–Crippen LogP) is 3.10. The van der Waals surface area contributed by atoms with Crippen LogP contribution in [0.5, 0.6) is 5.75 Å². The minimum absolute atomic E-state index is 0.0355. The Morgan fingerprint density at radius 1 is 1.50 bits per heavy atom. The average Bonchev–Trinajstić information content (AvgIpc) is 2.07. The van der Waals surface area contributed by atoms with Crippen molar-refractivity contribution in [2.75, 3.05) is 0 Å². The minimum atomic E-state index is -2.87. The number of benzene rings is 1. The van der Waals surface area contributed by atoms with Crippen LogP contribution in [0.25, 0.3) is 0 Å². The largest absolute Gasteiger partial charge is 0.434 e. The minimum Gasteiger partial charge on any atom is -0.434 e. The molecule has 2 nitrogen and oxygen atoms in total. The van der Waals surface area contributed by atoms with Gasteiger partial charge in [-0.25, -0.2) is 0 Å². The fourth-order valence-electron chi connectivity index (χ4n) is 0.970. The first kappa shape index (κ1) is 11.4. The number of ketones is 1. The molecule has 1 aromatic rings. The van der Waals surface area contributed by atoms with Crippen LogP contribution in [0.4, 0.5) is 8.78 Å². The predicted molar refractivity (Wildman–Crippen MR) is 55.8 cm³/mol. The quantitative estimate of drug-likeness (QED) is 0.633. The summed E-state index contributed by atoms with van der Waals surface area (Å²) in [4.78, 5) is 11.1. The van der Waals surface area contributed by atoms with Crippen molar-refractivity contribution in [3.63, 3.8) is 0 Å². The van der Waals surface area contributed by atoms with Crippen molar-refractivity contribution in [3.8, 4) is 5.75 Å². The van der Waals surface area contributed by atoms with E-state index in [1.165, 1.54) is 19.1 Å². The van der Waals surface area contributed by atoms with Gasteiger partial charge in [-0.2, -0.15) is 8.78 Å². The molecule has 0 atom stereocenters. The molecule has 0 N–H and O–H groups in total. The lowest BCUT2D eigenvalue weighted by Gasteiger charge is -2.08. The Bertz CT molecular complexity index is 353. The lowest BCUT2D eigenvalue weighted by Crippen LogP contribution is -2.05. The number of Topliss-reactive ketones (excluding diaryl/α,β-unsaturated/α-hetero) is 1. The van der Waals surface area contributed by atoms with Crippen molar-refractivity contribution in [2.24, 2.45) is 0 Å². The summed E-state index contributed by atoms with van der Waals surface area (Å²) in [6, 6.07) is 4.49. The zero-order chi connectivity index (χ0) is 10.7. The summed E-state index contributed by atoms with van der Waals surface area (Å²) in [7, 11) is 0. The second kappa shape index (κ2) is 4.68. The van der Waals surface area contributed by atoms with E-state index < -0.39 is 6.61 Å². The normalized spacial score (nSPS) is 10.4. The fourth-order valence-corrected chi connectivity index (χ4v) is 1.84. The molecule has 76 valence electrons. The molecule has 0 aromatic heterocycles. The second-order valence-corrected chi connectivity index (χ2v) is 3.63. The zero-order valence-electron chi connectivity index (χ0n) is 7.26. The first-order chi connectivity index (χ1) is 6.52. The summed E-state index contributed by atoms with van der Waals surface area (Å²) in [6.07, 6.45) is 0. The van der Waals surface area contributed by atoms with E-state index >= 15 is 0 Å². The van der Waals surface area contributed by atoms with E-state index in [4.69, 9.17) is 0 Å². The molecule has 0 aliphatic carbocycles. The maximum absolute atomic E-state index is 11.9. The molecule has 0 unspecified atom stereocenters. The van der Waals surface area contributed by atoms with Gasteiger partial charge < -0.3 is 4.74 Å². The molecular weight excluding hydrogens is 305 g/mol. The SMILES string of the molecule is CC(=O)c1cccc(OC(F)F)c1I. The lowest BCUT2D eigenvalue weighted by molar-refractivity contribution is -0.0504. The first-order valence-electron chi connectivity index (χ1n) is 3.76. The van der Waals surface area contributed by atoms with Crippen LogP contribution in [-0.4, -0.2) is 12.4 Å². The average molecular weight is 312 g/mol. The number of rotatable bonds is 3. The zero-order valence-corrected chi connectivity index (χ0v) is 9.42. The molecule has 1 aromatic carbocycles. The molecule has 0 aliphatic rings. The van der Waals surface area contributed by atoms with E-state index in [0.29, 0.717) is 9.13 Å². The number of halogens is 3. The summed E-state index contributed by atoms with van der Waals surface area (Å²) in [5, 5.41) is 0. The standard InChI is InChI=1S/C9H7F2IO2/c1-5(13)6-3-2-4-7(8(6)12)14-9(10)11/h2-4,9H,1H3. The van der Waals surface area contributed by atoms with E-state index in [1.54, 1.807) is 6.07 Å². The van der Waals surface area contributed by atoms with Crippen LogP contribution in [-0.2, 0) is 0 Å². The molecule has 0 heterocycles. The van der Waals surface area contributed by atoms with Gasteiger partial charge in [-0.1, -0.05) is 12.1 Å². The number of hydrogen-bond donors (Lipinski definition) is 0. The monoisotopic (exact) mass is 312 g/mol. The van der Waals surface area contributed by atoms with E-state index in [0.717, 1.165) is 0 Å². The molecule has 0 radical (unpaired) electrons. The molecule has 14 heavy (non-hydrogen) atoms. The lowest BCUT2D eigenvalue weighted by atomic mass is 10.1. The van der Waals surface area contributed by atoms with E-state index in [9.17, 15) is 13.6 Å². The van der Waals surface area contributed by atoms with Crippen LogP contribution in [0.1, 0.15) is 17.3 Å². The van der Waals surface area contributed by atoms with Crippen LogP contribution >= 0.6 is 22.6 Å². The fraction of sp³-hybridized carbons (Fsp3) is 0.222. The highest BCUT2D eigenvalue weighted by Crippen LogP contribution is 2.26. The van der Waals surface area contributed by atoms with Crippen LogP contribution in [0.3, 0.4) is 0 Å². The number of hydrogen-bond acceptors (Lipinski definition) is 2. The Hall–Kier alpha value is -0.720. The maximum Gasteiger partial charge on any atom is 0.387 e. The third-order valence-corrected chi connectivity index (χ3v) is 2.67. The van der Waals surface area contributed by atoms with Crippen molar-refractivity contribution in [1.29, 1.82) is 0 Å². The molecular formula is C9H7F2IO2. The Morgan fingerprint density at radius 3 is 2.64 bits per heavy atom. The van der Waals surface area contributed by atoms with Gasteiger partial charge in [0.15, 0.2) is 5.78 Å². The van der Waals surface area contributed by atoms with Gasteiger partial charge in [0.2, 0.25) is 0 Å². The van der Waals surface area contributed by atoms with Crippen LogP contribution < -0.4 is 4.74 Å². The number of alkyl halides is 2. The smallest absolute Gasteiger partial charge is 0.387 e. The van der Waals surface area contributed by atoms with Gasteiger partial charge in [0.1, 0.15) is 5.75 Å². The van der Waals surface area contributed by atoms with Gasteiger partial charge in [-0.15, -0.1) is 0 Å². The highest BCUT2D eigenvalue weighted by atomic mass is 127. The van der Waals surface area contributed by atoms with Crippen LogP contribution in [0.2, 0.25) is 0 Å². The van der Waals surface area contributed by atoms with Crippen molar-refractivity contribution >= 4 is 28.4 Å². The topological polar surface area (TPSA) is 26.3 Å². The second-order valence-electron chi connectivity index (χ2n) is 2.55. The van der Waals surface area contributed by atoms with Gasteiger partial charge in [-0.05, 0) is 35.6 Å². The van der Waals surface area contributed by atoms with Crippen molar-refractivity contribution < 1.29 is 18.3 Å². The van der Waals surface area contributed by atoms with Crippen molar-refractivity contribution in [3.05, 3.63) is 27.3 Å². The summed E-state index contributed by atoms with van der Waals surface area (Å²) in [5.41, 5.74) is 0.392. The molecule has 0 saturated carbocycles. The highest BCUT2D eigenvalue weighted by molar-refractivity contribution is 14.1. The Balaban J connectivity index is 3.07. The highest BCUT2D eigenvalue weighted by Gasteiger charge is 2.12. The van der Waals surface area contributed by atoms with Gasteiger partial charge in [0.05, 0.1) is 3.57 Å². The molecule has 0 aliphatic heterocycles. The molecule has 0 bridgehead atoms. The Morgan fingerprint density at radius 2 is 2.14 bits per heavy atom. The van der Waals surface area contributed by atoms with E-state index in [2.05, 4.69) is 4.74 Å². The Labute approximate surface area is 93.4 Å². The number of carbonyl (C=O) groups excluding carboxylic acids is 1. The molecule has 0 spiro atoms. The van der Waals surface area contributed by atoms with Gasteiger partial charge in [0, 0.05) is 5.56 Å².